The highest BCUT2D eigenvalue weighted by molar-refractivity contribution is 5.66. The maximum Gasteiger partial charge on any atom is 0.416 e. The predicted octanol–water partition coefficient (Wildman–Crippen LogP) is 3.17. The van der Waals surface area contributed by atoms with Gasteiger partial charge in [0.05, 0.1) is 12.0 Å². The average Bonchev–Trinajstić information content (AvgIpc) is 2.34. The third kappa shape index (κ3) is 4.55. The van der Waals surface area contributed by atoms with E-state index in [1.807, 2.05) is 6.92 Å². The first kappa shape index (κ1) is 15.5. The molecule has 0 radical (unpaired) electrons. The largest absolute Gasteiger partial charge is 0.481 e. The van der Waals surface area contributed by atoms with Gasteiger partial charge in [-0.2, -0.15) is 13.2 Å². The molecule has 6 heteroatoms. The van der Waals surface area contributed by atoms with Crippen molar-refractivity contribution < 1.29 is 23.1 Å². The quantitative estimate of drug-likeness (QED) is 0.897. The van der Waals surface area contributed by atoms with Crippen LogP contribution in [0.15, 0.2) is 24.3 Å². The van der Waals surface area contributed by atoms with Crippen LogP contribution >= 0.6 is 0 Å². The molecule has 0 amide bonds. The molecule has 0 aliphatic rings. The number of benzene rings is 1. The number of nitrogens with zero attached hydrogens (tertiary/aromatic N) is 1. The van der Waals surface area contributed by atoms with Crippen LogP contribution in [0.25, 0.3) is 0 Å². The molecular formula is C13H16F3NO2. The molecular weight excluding hydrogens is 259 g/mol. The summed E-state index contributed by atoms with van der Waals surface area (Å²) in [5.41, 5.74) is 0.0394. The monoisotopic (exact) mass is 275 g/mol. The van der Waals surface area contributed by atoms with E-state index >= 15 is 0 Å². The van der Waals surface area contributed by atoms with E-state index in [4.69, 9.17) is 5.11 Å². The van der Waals surface area contributed by atoms with Crippen molar-refractivity contribution in [3.63, 3.8) is 0 Å². The van der Waals surface area contributed by atoms with Gasteiger partial charge in [0.15, 0.2) is 0 Å². The highest BCUT2D eigenvalue weighted by Crippen LogP contribution is 2.30. The normalized spacial score (nSPS) is 13.6. The Morgan fingerprint density at radius 2 is 1.84 bits per heavy atom. The number of hydrogen-bond acceptors (Lipinski definition) is 2. The minimum atomic E-state index is -4.34. The molecule has 1 unspecified atom stereocenters. The summed E-state index contributed by atoms with van der Waals surface area (Å²) < 4.78 is 37.2. The van der Waals surface area contributed by atoms with Gasteiger partial charge in [0.1, 0.15) is 0 Å². The van der Waals surface area contributed by atoms with E-state index in [0.29, 0.717) is 6.54 Å². The molecule has 0 aromatic heterocycles. The first-order valence-electron chi connectivity index (χ1n) is 5.81. The third-order valence-electron chi connectivity index (χ3n) is 3.06. The number of halogens is 3. The molecule has 0 bridgehead atoms. The minimum absolute atomic E-state index is 0.00146. The molecule has 0 saturated heterocycles. The van der Waals surface area contributed by atoms with Crippen LogP contribution in [0.3, 0.4) is 0 Å². The Kier molecular flexibility index (Phi) is 4.94. The molecule has 0 heterocycles. The van der Waals surface area contributed by atoms with Gasteiger partial charge in [-0.05, 0) is 31.7 Å². The molecule has 1 aromatic carbocycles. The number of carboxylic acids is 1. The van der Waals surface area contributed by atoms with Crippen LogP contribution in [-0.2, 0) is 11.0 Å². The lowest BCUT2D eigenvalue weighted by atomic mass is 10.0. The van der Waals surface area contributed by atoms with Crippen molar-refractivity contribution in [3.8, 4) is 0 Å². The molecule has 1 N–H and O–H groups in total. The summed E-state index contributed by atoms with van der Waals surface area (Å²) in [6.07, 6.45) is -4.33. The summed E-state index contributed by atoms with van der Waals surface area (Å²) in [4.78, 5) is 12.3. The average molecular weight is 275 g/mol. The van der Waals surface area contributed by atoms with Gasteiger partial charge >= 0.3 is 12.1 Å². The Morgan fingerprint density at radius 3 is 2.26 bits per heavy atom. The fourth-order valence-corrected chi connectivity index (χ4v) is 1.67. The summed E-state index contributed by atoms with van der Waals surface area (Å²) in [7, 11) is 1.74. The maximum atomic E-state index is 12.4. The van der Waals surface area contributed by atoms with Crippen LogP contribution in [0, 0.1) is 0 Å². The van der Waals surface area contributed by atoms with Gasteiger partial charge < -0.3 is 5.11 Å². The van der Waals surface area contributed by atoms with Crippen LogP contribution in [0.1, 0.15) is 30.5 Å². The van der Waals surface area contributed by atoms with Crippen molar-refractivity contribution >= 4 is 5.97 Å². The summed E-state index contributed by atoms with van der Waals surface area (Å²) in [6.45, 7) is 2.17. The standard InChI is InChI=1S/C13H16F3NO2/c1-9(17(2)8-7-12(18)19)10-3-5-11(6-4-10)13(14,15)16/h3-6,9H,7-8H2,1-2H3,(H,18,19). The van der Waals surface area contributed by atoms with Gasteiger partial charge in [-0.1, -0.05) is 12.1 Å². The van der Waals surface area contributed by atoms with Crippen molar-refractivity contribution in [2.24, 2.45) is 0 Å². The number of hydrogen-bond donors (Lipinski definition) is 1. The summed E-state index contributed by atoms with van der Waals surface area (Å²) in [6, 6.07) is 4.78. The zero-order valence-electron chi connectivity index (χ0n) is 10.7. The maximum absolute atomic E-state index is 12.4. The second-order valence-electron chi connectivity index (χ2n) is 4.42. The van der Waals surface area contributed by atoms with E-state index in [0.717, 1.165) is 17.7 Å². The number of aliphatic carboxylic acids is 1. The molecule has 0 aliphatic carbocycles. The van der Waals surface area contributed by atoms with Crippen molar-refractivity contribution in [1.29, 1.82) is 0 Å². The lowest BCUT2D eigenvalue weighted by molar-refractivity contribution is -0.138. The molecule has 3 nitrogen and oxygen atoms in total. The Balaban J connectivity index is 2.72. The van der Waals surface area contributed by atoms with Crippen LogP contribution in [0.4, 0.5) is 13.2 Å². The van der Waals surface area contributed by atoms with E-state index in [1.54, 1.807) is 11.9 Å². The van der Waals surface area contributed by atoms with Crippen LogP contribution < -0.4 is 0 Å². The van der Waals surface area contributed by atoms with Gasteiger partial charge in [-0.25, -0.2) is 0 Å². The Hall–Kier alpha value is -1.56. The Morgan fingerprint density at radius 1 is 1.32 bits per heavy atom. The minimum Gasteiger partial charge on any atom is -0.481 e. The number of alkyl halides is 3. The second-order valence-corrected chi connectivity index (χ2v) is 4.42. The van der Waals surface area contributed by atoms with Crippen LogP contribution in [0.2, 0.25) is 0 Å². The molecule has 106 valence electrons. The van der Waals surface area contributed by atoms with Crippen molar-refractivity contribution in [2.75, 3.05) is 13.6 Å². The molecule has 0 spiro atoms. The SMILES string of the molecule is CC(c1ccc(C(F)(F)F)cc1)N(C)CCC(=O)O. The summed E-state index contributed by atoms with van der Waals surface area (Å²) in [5, 5.41) is 8.59. The van der Waals surface area contributed by atoms with Crippen molar-refractivity contribution in [3.05, 3.63) is 35.4 Å². The molecule has 0 aliphatic heterocycles. The third-order valence-corrected chi connectivity index (χ3v) is 3.06. The number of rotatable bonds is 5. The lowest BCUT2D eigenvalue weighted by Crippen LogP contribution is -2.25. The molecule has 1 rings (SSSR count). The van der Waals surface area contributed by atoms with Crippen molar-refractivity contribution in [1.82, 2.24) is 4.90 Å². The number of carboxylic acid groups (broad SMARTS) is 1. The van der Waals surface area contributed by atoms with Gasteiger partial charge in [0.25, 0.3) is 0 Å². The predicted molar refractivity (Wildman–Crippen MR) is 64.7 cm³/mol. The topological polar surface area (TPSA) is 40.5 Å². The Bertz CT molecular complexity index is 429. The molecule has 1 atom stereocenters. The first-order chi connectivity index (χ1) is 8.71. The molecule has 0 saturated carbocycles. The Labute approximate surface area is 109 Å². The van der Waals surface area contributed by atoms with Crippen LogP contribution in [-0.4, -0.2) is 29.6 Å². The van der Waals surface area contributed by atoms with E-state index in [1.165, 1.54) is 12.1 Å². The van der Waals surface area contributed by atoms with E-state index in [-0.39, 0.29) is 12.5 Å². The summed E-state index contributed by atoms with van der Waals surface area (Å²) in [5.74, 6) is -0.897. The van der Waals surface area contributed by atoms with Gasteiger partial charge in [0, 0.05) is 12.6 Å². The number of carbonyl (C=O) groups is 1. The van der Waals surface area contributed by atoms with Gasteiger partial charge in [-0.15, -0.1) is 0 Å². The zero-order valence-corrected chi connectivity index (χ0v) is 10.7. The lowest BCUT2D eigenvalue weighted by Gasteiger charge is -2.24. The van der Waals surface area contributed by atoms with E-state index in [2.05, 4.69) is 0 Å². The second kappa shape index (κ2) is 6.06. The zero-order chi connectivity index (χ0) is 14.6. The smallest absolute Gasteiger partial charge is 0.416 e. The van der Waals surface area contributed by atoms with E-state index < -0.39 is 17.7 Å². The molecule has 1 aromatic rings. The molecule has 0 fully saturated rings. The van der Waals surface area contributed by atoms with Crippen molar-refractivity contribution in [2.45, 2.75) is 25.6 Å². The molecule has 19 heavy (non-hydrogen) atoms. The highest BCUT2D eigenvalue weighted by atomic mass is 19.4. The fraction of sp³-hybridized carbons (Fsp3) is 0.462. The fourth-order valence-electron chi connectivity index (χ4n) is 1.67. The van der Waals surface area contributed by atoms with E-state index in [9.17, 15) is 18.0 Å². The highest BCUT2D eigenvalue weighted by Gasteiger charge is 2.30. The van der Waals surface area contributed by atoms with Crippen LogP contribution in [0.5, 0.6) is 0 Å². The van der Waals surface area contributed by atoms with Gasteiger partial charge in [-0.3, -0.25) is 9.69 Å². The van der Waals surface area contributed by atoms with Gasteiger partial charge in [0.2, 0.25) is 0 Å². The first-order valence-corrected chi connectivity index (χ1v) is 5.81. The summed E-state index contributed by atoms with van der Waals surface area (Å²) >= 11 is 0.